The molecule has 1 fully saturated rings. The number of hydrogen-bond donors (Lipinski definition) is 4. The van der Waals surface area contributed by atoms with E-state index in [0.717, 1.165) is 19.3 Å². The Bertz CT molecular complexity index is 581. The van der Waals surface area contributed by atoms with E-state index in [4.69, 9.17) is 10.8 Å². The number of aliphatic carboxylic acids is 1. The number of carboxylic acids is 1. The first kappa shape index (κ1) is 25.0. The minimum Gasteiger partial charge on any atom is -0.480 e. The Morgan fingerprint density at radius 1 is 1.21 bits per heavy atom. The van der Waals surface area contributed by atoms with E-state index in [9.17, 15) is 19.2 Å². The van der Waals surface area contributed by atoms with Gasteiger partial charge < -0.3 is 26.4 Å². The maximum Gasteiger partial charge on any atom is 0.322 e. The zero-order chi connectivity index (χ0) is 22.0. The summed E-state index contributed by atoms with van der Waals surface area (Å²) in [5, 5.41) is 14.1. The van der Waals surface area contributed by atoms with Gasteiger partial charge in [-0.3, -0.25) is 19.2 Å². The van der Waals surface area contributed by atoms with Crippen LogP contribution in [0.5, 0.6) is 0 Å². The van der Waals surface area contributed by atoms with E-state index in [2.05, 4.69) is 10.6 Å². The average molecular weight is 413 g/mol. The fourth-order valence-corrected chi connectivity index (χ4v) is 3.73. The Balaban J connectivity index is 2.78. The number of hydrogen-bond acceptors (Lipinski definition) is 6. The van der Waals surface area contributed by atoms with Gasteiger partial charge in [0.15, 0.2) is 5.78 Å². The Hall–Kier alpha value is -2.00. The fourth-order valence-electron chi connectivity index (χ4n) is 3.73. The van der Waals surface area contributed by atoms with Crippen LogP contribution in [-0.4, -0.2) is 72.3 Å². The molecule has 1 aliphatic rings. The Labute approximate surface area is 172 Å². The molecule has 0 aromatic heterocycles. The molecule has 0 aromatic rings. The highest BCUT2D eigenvalue weighted by Gasteiger charge is 2.38. The van der Waals surface area contributed by atoms with Gasteiger partial charge in [0.05, 0.1) is 12.1 Å². The van der Waals surface area contributed by atoms with Crippen LogP contribution in [0.25, 0.3) is 0 Å². The molecular formula is C20H36N4O5. The molecule has 2 amide bonds. The maximum absolute atomic E-state index is 13.0. The van der Waals surface area contributed by atoms with Crippen molar-refractivity contribution in [3.63, 3.8) is 0 Å². The van der Waals surface area contributed by atoms with Crippen molar-refractivity contribution in [1.29, 1.82) is 0 Å². The number of ketones is 1. The van der Waals surface area contributed by atoms with Crippen molar-refractivity contribution >= 4 is 23.6 Å². The molecule has 1 heterocycles. The molecule has 9 heteroatoms. The minimum absolute atomic E-state index is 0.00500. The minimum atomic E-state index is -1.13. The molecule has 0 aromatic carbocycles. The number of nitrogens with two attached hydrogens (primary N) is 1. The van der Waals surface area contributed by atoms with Gasteiger partial charge in [-0.05, 0) is 45.2 Å². The van der Waals surface area contributed by atoms with E-state index < -0.39 is 30.4 Å². The number of unbranched alkanes of at least 4 members (excludes halogenated alkanes) is 1. The summed E-state index contributed by atoms with van der Waals surface area (Å²) in [5.41, 5.74) is 5.52. The number of likely N-dealkylation sites (tertiary alicyclic amines) is 1. The highest BCUT2D eigenvalue weighted by atomic mass is 16.4. The average Bonchev–Trinajstić information content (AvgIpc) is 3.16. The number of rotatable bonds is 13. The molecule has 166 valence electrons. The smallest absolute Gasteiger partial charge is 0.322 e. The molecule has 0 saturated carbocycles. The first-order chi connectivity index (χ1) is 13.7. The van der Waals surface area contributed by atoms with Crippen LogP contribution in [0.1, 0.15) is 52.4 Å². The number of carbonyl (C=O) groups is 4. The van der Waals surface area contributed by atoms with Crippen LogP contribution in [-0.2, 0) is 19.2 Å². The summed E-state index contributed by atoms with van der Waals surface area (Å²) in [7, 11) is 1.74. The first-order valence-corrected chi connectivity index (χ1v) is 10.4. The molecular weight excluding hydrogens is 376 g/mol. The largest absolute Gasteiger partial charge is 0.480 e. The Morgan fingerprint density at radius 3 is 2.45 bits per heavy atom. The van der Waals surface area contributed by atoms with Gasteiger partial charge in [-0.1, -0.05) is 20.3 Å². The molecule has 3 atom stereocenters. The zero-order valence-corrected chi connectivity index (χ0v) is 17.8. The SMILES string of the molecule is CN[C@@H](CCCCN)C(=O)N1CCC[C@H]1C(=O)C[C@H](C(=O)NCC(=O)O)C(C)C. The maximum atomic E-state index is 13.0. The van der Waals surface area contributed by atoms with Crippen LogP contribution in [0.2, 0.25) is 0 Å². The summed E-state index contributed by atoms with van der Waals surface area (Å²) in [4.78, 5) is 50.6. The number of amides is 2. The van der Waals surface area contributed by atoms with Crippen LogP contribution in [0, 0.1) is 11.8 Å². The quantitative estimate of drug-likeness (QED) is 0.315. The van der Waals surface area contributed by atoms with Crippen molar-refractivity contribution < 1.29 is 24.3 Å². The third-order valence-electron chi connectivity index (χ3n) is 5.48. The van der Waals surface area contributed by atoms with Gasteiger partial charge in [0.2, 0.25) is 11.8 Å². The zero-order valence-electron chi connectivity index (χ0n) is 17.8. The number of carbonyl (C=O) groups excluding carboxylic acids is 3. The van der Waals surface area contributed by atoms with Gasteiger partial charge in [-0.15, -0.1) is 0 Å². The lowest BCUT2D eigenvalue weighted by Gasteiger charge is -2.29. The summed E-state index contributed by atoms with van der Waals surface area (Å²) in [6.45, 7) is 4.28. The topological polar surface area (TPSA) is 142 Å². The summed E-state index contributed by atoms with van der Waals surface area (Å²) in [6, 6.07) is -0.879. The van der Waals surface area contributed by atoms with E-state index in [1.165, 1.54) is 0 Å². The lowest BCUT2D eigenvalue weighted by atomic mass is 9.87. The number of likely N-dealkylation sites (N-methyl/N-ethyl adjacent to an activating group) is 1. The number of Topliss-reactive ketones (excluding diaryl/α,β-unsaturated/α-hetero) is 1. The van der Waals surface area contributed by atoms with E-state index in [1.807, 2.05) is 13.8 Å². The van der Waals surface area contributed by atoms with Crippen molar-refractivity contribution in [3.05, 3.63) is 0 Å². The van der Waals surface area contributed by atoms with E-state index in [1.54, 1.807) is 11.9 Å². The van der Waals surface area contributed by atoms with Gasteiger partial charge in [-0.25, -0.2) is 0 Å². The molecule has 0 spiro atoms. The molecule has 0 bridgehead atoms. The van der Waals surface area contributed by atoms with Crippen molar-refractivity contribution in [2.24, 2.45) is 17.6 Å². The number of nitrogens with one attached hydrogen (secondary N) is 2. The molecule has 0 radical (unpaired) electrons. The summed E-state index contributed by atoms with van der Waals surface area (Å²) >= 11 is 0. The summed E-state index contributed by atoms with van der Waals surface area (Å²) in [6.07, 6.45) is 3.67. The molecule has 9 nitrogen and oxygen atoms in total. The number of carboxylic acid groups (broad SMARTS) is 1. The molecule has 1 rings (SSSR count). The second kappa shape index (κ2) is 12.5. The molecule has 29 heavy (non-hydrogen) atoms. The number of nitrogens with zero attached hydrogens (tertiary/aromatic N) is 1. The van der Waals surface area contributed by atoms with Crippen LogP contribution >= 0.6 is 0 Å². The van der Waals surface area contributed by atoms with E-state index >= 15 is 0 Å². The molecule has 0 aliphatic carbocycles. The van der Waals surface area contributed by atoms with Crippen LogP contribution in [0.3, 0.4) is 0 Å². The van der Waals surface area contributed by atoms with Crippen molar-refractivity contribution in [2.75, 3.05) is 26.7 Å². The highest BCUT2D eigenvalue weighted by molar-refractivity contribution is 5.94. The van der Waals surface area contributed by atoms with Crippen molar-refractivity contribution in [3.8, 4) is 0 Å². The highest BCUT2D eigenvalue weighted by Crippen LogP contribution is 2.25. The van der Waals surface area contributed by atoms with Crippen molar-refractivity contribution in [2.45, 2.75) is 64.5 Å². The second-order valence-corrected chi connectivity index (χ2v) is 7.95. The second-order valence-electron chi connectivity index (χ2n) is 7.95. The summed E-state index contributed by atoms with van der Waals surface area (Å²) in [5.74, 6) is -2.55. The van der Waals surface area contributed by atoms with Crippen LogP contribution in [0.4, 0.5) is 0 Å². The van der Waals surface area contributed by atoms with Gasteiger partial charge in [-0.2, -0.15) is 0 Å². The van der Waals surface area contributed by atoms with E-state index in [0.29, 0.717) is 25.9 Å². The van der Waals surface area contributed by atoms with E-state index in [-0.39, 0.29) is 30.1 Å². The Kier molecular flexibility index (Phi) is 10.8. The van der Waals surface area contributed by atoms with Gasteiger partial charge in [0, 0.05) is 18.9 Å². The van der Waals surface area contributed by atoms with Crippen LogP contribution < -0.4 is 16.4 Å². The lowest BCUT2D eigenvalue weighted by Crippen LogP contribution is -2.50. The molecule has 0 unspecified atom stereocenters. The molecule has 1 saturated heterocycles. The lowest BCUT2D eigenvalue weighted by molar-refractivity contribution is -0.141. The standard InChI is InChI=1S/C20H36N4O5/c1-13(2)14(19(28)23-12-18(26)27)11-17(25)16-8-6-10-24(16)20(29)15(22-3)7-4-5-9-21/h13-16,22H,4-12,21H2,1-3H3,(H,23,28)(H,26,27)/t14-,15-,16-/m0/s1. The predicted octanol–water partition coefficient (Wildman–Crippen LogP) is 0.127. The summed E-state index contributed by atoms with van der Waals surface area (Å²) < 4.78 is 0. The molecule has 1 aliphatic heterocycles. The monoisotopic (exact) mass is 412 g/mol. The normalized spacial score (nSPS) is 18.5. The van der Waals surface area contributed by atoms with Gasteiger partial charge >= 0.3 is 5.97 Å². The third kappa shape index (κ3) is 7.74. The predicted molar refractivity (Wildman–Crippen MR) is 109 cm³/mol. The van der Waals surface area contributed by atoms with Gasteiger partial charge in [0.1, 0.15) is 6.54 Å². The van der Waals surface area contributed by atoms with Crippen LogP contribution in [0.15, 0.2) is 0 Å². The molecule has 5 N–H and O–H groups in total. The van der Waals surface area contributed by atoms with Crippen molar-refractivity contribution in [1.82, 2.24) is 15.5 Å². The first-order valence-electron chi connectivity index (χ1n) is 10.4. The van der Waals surface area contributed by atoms with Gasteiger partial charge in [0.25, 0.3) is 0 Å². The third-order valence-corrected chi connectivity index (χ3v) is 5.48. The fraction of sp³-hybridized carbons (Fsp3) is 0.800. The Morgan fingerprint density at radius 2 is 1.90 bits per heavy atom.